The standard InChI is InChI=1S/C20H28N4OS/c1-3-24-18(4-8-21-24)14-22-9-6-20(7-10-22)12-19(20)23(16(2)25)13-17-5-11-26-15-17/h4-5,8,11,15,19H,3,6-7,9-10,12-14H2,1-2H3/t19-/m1/s1. The monoisotopic (exact) mass is 372 g/mol. The maximum atomic E-state index is 12.2. The van der Waals surface area contributed by atoms with Gasteiger partial charge in [-0.3, -0.25) is 14.4 Å². The minimum absolute atomic E-state index is 0.215. The summed E-state index contributed by atoms with van der Waals surface area (Å²) in [6.45, 7) is 8.79. The highest BCUT2D eigenvalue weighted by Crippen LogP contribution is 2.57. The molecule has 0 N–H and O–H groups in total. The van der Waals surface area contributed by atoms with Gasteiger partial charge in [0.1, 0.15) is 0 Å². The summed E-state index contributed by atoms with van der Waals surface area (Å²) in [5, 5.41) is 8.63. The smallest absolute Gasteiger partial charge is 0.220 e. The van der Waals surface area contributed by atoms with E-state index in [-0.39, 0.29) is 5.91 Å². The van der Waals surface area contributed by atoms with Gasteiger partial charge < -0.3 is 4.90 Å². The van der Waals surface area contributed by atoms with Crippen molar-refractivity contribution in [3.8, 4) is 0 Å². The lowest BCUT2D eigenvalue weighted by Crippen LogP contribution is -2.40. The fourth-order valence-corrected chi connectivity index (χ4v) is 5.15. The van der Waals surface area contributed by atoms with Crippen LogP contribution >= 0.6 is 11.3 Å². The van der Waals surface area contributed by atoms with Crippen LogP contribution in [0.15, 0.2) is 29.1 Å². The summed E-state index contributed by atoms with van der Waals surface area (Å²) in [6.07, 6.45) is 5.48. The summed E-state index contributed by atoms with van der Waals surface area (Å²) in [7, 11) is 0. The minimum Gasteiger partial charge on any atom is -0.335 e. The molecule has 1 amide bonds. The summed E-state index contributed by atoms with van der Waals surface area (Å²) in [4.78, 5) is 16.9. The van der Waals surface area contributed by atoms with Gasteiger partial charge in [-0.05, 0) is 73.1 Å². The topological polar surface area (TPSA) is 41.4 Å². The molecule has 2 aromatic rings. The van der Waals surface area contributed by atoms with Crippen molar-refractivity contribution in [3.05, 3.63) is 40.3 Å². The van der Waals surface area contributed by atoms with Gasteiger partial charge in [0.2, 0.25) is 5.91 Å². The van der Waals surface area contributed by atoms with Crippen LogP contribution < -0.4 is 0 Å². The lowest BCUT2D eigenvalue weighted by molar-refractivity contribution is -0.130. The Labute approximate surface area is 159 Å². The number of hydrogen-bond donors (Lipinski definition) is 0. The summed E-state index contributed by atoms with van der Waals surface area (Å²) < 4.78 is 2.09. The van der Waals surface area contributed by atoms with Crippen LogP contribution in [0, 0.1) is 5.41 Å². The Morgan fingerprint density at radius 3 is 2.85 bits per heavy atom. The molecule has 1 atom stereocenters. The zero-order chi connectivity index (χ0) is 18.1. The van der Waals surface area contributed by atoms with E-state index in [1.54, 1.807) is 18.3 Å². The highest BCUT2D eigenvalue weighted by Gasteiger charge is 2.58. The predicted octanol–water partition coefficient (Wildman–Crippen LogP) is 3.37. The normalized spacial score (nSPS) is 21.8. The lowest BCUT2D eigenvalue weighted by Gasteiger charge is -2.34. The Bertz CT molecular complexity index is 746. The SMILES string of the molecule is CCn1nccc1CN1CCC2(CC1)C[C@H]2N(Cc1ccsc1)C(C)=O. The first-order valence-corrected chi connectivity index (χ1v) is 10.6. The van der Waals surface area contributed by atoms with Crippen LogP contribution in [0.25, 0.3) is 0 Å². The van der Waals surface area contributed by atoms with E-state index < -0.39 is 0 Å². The number of aryl methyl sites for hydroxylation is 1. The maximum Gasteiger partial charge on any atom is 0.220 e. The first-order chi connectivity index (χ1) is 12.6. The molecule has 3 heterocycles. The second kappa shape index (κ2) is 7.16. The van der Waals surface area contributed by atoms with Gasteiger partial charge in [0, 0.05) is 38.8 Å². The van der Waals surface area contributed by atoms with E-state index >= 15 is 0 Å². The van der Waals surface area contributed by atoms with E-state index in [9.17, 15) is 4.79 Å². The van der Waals surface area contributed by atoms with E-state index in [1.165, 1.54) is 30.5 Å². The highest BCUT2D eigenvalue weighted by atomic mass is 32.1. The second-order valence-corrected chi connectivity index (χ2v) is 8.56. The molecule has 2 fully saturated rings. The fraction of sp³-hybridized carbons (Fsp3) is 0.600. The Hall–Kier alpha value is -1.66. The van der Waals surface area contributed by atoms with Gasteiger partial charge in [-0.25, -0.2) is 0 Å². The third-order valence-corrected chi connectivity index (χ3v) is 6.93. The van der Waals surface area contributed by atoms with E-state index in [2.05, 4.69) is 49.4 Å². The molecular formula is C20H28N4OS. The number of carbonyl (C=O) groups excluding carboxylic acids is 1. The highest BCUT2D eigenvalue weighted by molar-refractivity contribution is 7.07. The molecule has 1 aliphatic heterocycles. The van der Waals surface area contributed by atoms with E-state index in [4.69, 9.17) is 0 Å². The molecule has 6 heteroatoms. The van der Waals surface area contributed by atoms with Gasteiger partial charge in [-0.2, -0.15) is 16.4 Å². The molecule has 0 radical (unpaired) electrons. The molecular weight excluding hydrogens is 344 g/mol. The predicted molar refractivity (Wildman–Crippen MR) is 104 cm³/mol. The minimum atomic E-state index is 0.215. The Morgan fingerprint density at radius 1 is 1.38 bits per heavy atom. The zero-order valence-corrected chi connectivity index (χ0v) is 16.5. The number of piperidine rings is 1. The Balaban J connectivity index is 1.35. The van der Waals surface area contributed by atoms with Gasteiger partial charge in [0.15, 0.2) is 0 Å². The molecule has 5 nitrogen and oxygen atoms in total. The second-order valence-electron chi connectivity index (χ2n) is 7.78. The quantitative estimate of drug-likeness (QED) is 0.781. The van der Waals surface area contributed by atoms with Crippen molar-refractivity contribution < 1.29 is 4.79 Å². The largest absolute Gasteiger partial charge is 0.335 e. The van der Waals surface area contributed by atoms with Crippen molar-refractivity contribution in [1.29, 1.82) is 0 Å². The van der Waals surface area contributed by atoms with E-state index in [0.29, 0.717) is 11.5 Å². The number of hydrogen-bond acceptors (Lipinski definition) is 4. The molecule has 4 rings (SSSR count). The molecule has 1 saturated heterocycles. The Kier molecular flexibility index (Phi) is 4.88. The van der Waals surface area contributed by atoms with E-state index in [1.807, 2.05) is 6.20 Å². The van der Waals surface area contributed by atoms with Crippen molar-refractivity contribution in [2.75, 3.05) is 13.1 Å². The third-order valence-electron chi connectivity index (χ3n) is 6.20. The average Bonchev–Trinajstić information content (AvgIpc) is 3.01. The van der Waals surface area contributed by atoms with Crippen LogP contribution in [0.1, 0.15) is 44.4 Å². The Morgan fingerprint density at radius 2 is 2.19 bits per heavy atom. The van der Waals surface area contributed by atoms with Crippen molar-refractivity contribution in [2.24, 2.45) is 5.41 Å². The molecule has 26 heavy (non-hydrogen) atoms. The molecule has 140 valence electrons. The summed E-state index contributed by atoms with van der Waals surface area (Å²) in [6, 6.07) is 4.70. The van der Waals surface area contributed by atoms with Crippen LogP contribution in [0.4, 0.5) is 0 Å². The first-order valence-electron chi connectivity index (χ1n) is 9.62. The summed E-state index contributed by atoms with van der Waals surface area (Å²) in [5.41, 5.74) is 2.93. The number of aromatic nitrogens is 2. The third kappa shape index (κ3) is 3.45. The van der Waals surface area contributed by atoms with Gasteiger partial charge in [0.05, 0.1) is 5.69 Å². The average molecular weight is 373 g/mol. The molecule has 1 spiro atoms. The van der Waals surface area contributed by atoms with Crippen molar-refractivity contribution in [2.45, 2.75) is 58.8 Å². The molecule has 2 aromatic heterocycles. The van der Waals surface area contributed by atoms with Gasteiger partial charge in [-0.1, -0.05) is 0 Å². The van der Waals surface area contributed by atoms with Crippen LogP contribution in [0.2, 0.25) is 0 Å². The van der Waals surface area contributed by atoms with Crippen molar-refractivity contribution in [1.82, 2.24) is 19.6 Å². The van der Waals surface area contributed by atoms with E-state index in [0.717, 1.165) is 32.7 Å². The molecule has 2 aliphatic rings. The number of carbonyl (C=O) groups is 1. The van der Waals surface area contributed by atoms with Gasteiger partial charge in [-0.15, -0.1) is 0 Å². The number of likely N-dealkylation sites (tertiary alicyclic amines) is 1. The number of thiophene rings is 1. The molecule has 1 saturated carbocycles. The first kappa shape index (κ1) is 17.7. The van der Waals surface area contributed by atoms with Crippen LogP contribution in [-0.4, -0.2) is 44.6 Å². The number of nitrogens with zero attached hydrogens (tertiary/aromatic N) is 4. The van der Waals surface area contributed by atoms with Gasteiger partial charge >= 0.3 is 0 Å². The molecule has 0 unspecified atom stereocenters. The van der Waals surface area contributed by atoms with Gasteiger partial charge in [0.25, 0.3) is 0 Å². The zero-order valence-electron chi connectivity index (χ0n) is 15.7. The number of rotatable bonds is 6. The fourth-order valence-electron chi connectivity index (χ4n) is 4.49. The van der Waals surface area contributed by atoms with Crippen molar-refractivity contribution >= 4 is 17.2 Å². The number of amides is 1. The summed E-state index contributed by atoms with van der Waals surface area (Å²) in [5.74, 6) is 0.215. The summed E-state index contributed by atoms with van der Waals surface area (Å²) >= 11 is 1.71. The van der Waals surface area contributed by atoms with Crippen LogP contribution in [0.3, 0.4) is 0 Å². The van der Waals surface area contributed by atoms with Crippen LogP contribution in [-0.2, 0) is 24.4 Å². The van der Waals surface area contributed by atoms with Crippen molar-refractivity contribution in [3.63, 3.8) is 0 Å². The molecule has 0 aromatic carbocycles. The lowest BCUT2D eigenvalue weighted by atomic mass is 9.92. The molecule has 1 aliphatic carbocycles. The maximum absolute atomic E-state index is 12.2. The molecule has 0 bridgehead atoms. The van der Waals surface area contributed by atoms with Crippen LogP contribution in [0.5, 0.6) is 0 Å².